The van der Waals surface area contributed by atoms with Gasteiger partial charge in [-0.3, -0.25) is 4.79 Å². The second-order valence-corrected chi connectivity index (χ2v) is 9.93. The number of nitrogens with zero attached hydrogens (tertiary/aromatic N) is 3. The minimum atomic E-state index is -3.76. The van der Waals surface area contributed by atoms with Gasteiger partial charge in [0.05, 0.1) is 23.9 Å². The third-order valence-corrected chi connectivity index (χ3v) is 8.07. The van der Waals surface area contributed by atoms with E-state index in [0.717, 1.165) is 46.8 Å². The Hall–Kier alpha value is -1.84. The lowest BCUT2D eigenvalue weighted by molar-refractivity contribution is 0.0876. The first-order chi connectivity index (χ1) is 13.4. The molecule has 7 nitrogen and oxygen atoms in total. The molecule has 0 saturated carbocycles. The van der Waals surface area contributed by atoms with Crippen molar-refractivity contribution in [2.24, 2.45) is 0 Å². The van der Waals surface area contributed by atoms with E-state index in [1.54, 1.807) is 18.2 Å². The predicted molar refractivity (Wildman–Crippen MR) is 106 cm³/mol. The van der Waals surface area contributed by atoms with Crippen LogP contribution in [0.15, 0.2) is 34.3 Å². The van der Waals surface area contributed by atoms with Gasteiger partial charge < -0.3 is 9.30 Å². The Balaban J connectivity index is 1.46. The first kappa shape index (κ1) is 19.5. The summed E-state index contributed by atoms with van der Waals surface area (Å²) in [4.78, 5) is 17.2. The SMILES string of the molecule is Cc1nc(SCCN2C(=O)c3ccccc3S2(=O)=O)n(C[C@H]2CCCO2)c1C. The minimum Gasteiger partial charge on any atom is -0.376 e. The van der Waals surface area contributed by atoms with Gasteiger partial charge in [-0.05, 0) is 38.8 Å². The molecule has 0 bridgehead atoms. The number of sulfonamides is 1. The van der Waals surface area contributed by atoms with Crippen molar-refractivity contribution in [2.75, 3.05) is 18.9 Å². The van der Waals surface area contributed by atoms with Crippen molar-refractivity contribution in [3.63, 3.8) is 0 Å². The monoisotopic (exact) mass is 421 g/mol. The van der Waals surface area contributed by atoms with E-state index in [2.05, 4.69) is 9.55 Å². The number of carbonyl (C=O) groups is 1. The lowest BCUT2D eigenvalue weighted by atomic mass is 10.2. The molecule has 0 spiro atoms. The zero-order valence-corrected chi connectivity index (χ0v) is 17.6. The number of thioether (sulfide) groups is 1. The number of fused-ring (bicyclic) bond motifs is 1. The van der Waals surface area contributed by atoms with Crippen LogP contribution in [0.25, 0.3) is 0 Å². The van der Waals surface area contributed by atoms with Gasteiger partial charge in [0.1, 0.15) is 4.90 Å². The summed E-state index contributed by atoms with van der Waals surface area (Å²) in [5.41, 5.74) is 2.30. The van der Waals surface area contributed by atoms with Gasteiger partial charge in [0.2, 0.25) is 0 Å². The molecule has 3 heterocycles. The molecule has 9 heteroatoms. The zero-order valence-electron chi connectivity index (χ0n) is 15.9. The van der Waals surface area contributed by atoms with Crippen LogP contribution in [0.4, 0.5) is 0 Å². The van der Waals surface area contributed by atoms with Crippen LogP contribution in [-0.2, 0) is 21.3 Å². The maximum Gasteiger partial charge on any atom is 0.269 e. The molecule has 2 aromatic rings. The fourth-order valence-corrected chi connectivity index (χ4v) is 6.32. The average Bonchev–Trinajstić information content (AvgIpc) is 3.33. The summed E-state index contributed by atoms with van der Waals surface area (Å²) in [5.74, 6) is -0.00772. The first-order valence-corrected chi connectivity index (χ1v) is 11.8. The van der Waals surface area contributed by atoms with Gasteiger partial charge in [-0.2, -0.15) is 0 Å². The number of hydrogen-bond acceptors (Lipinski definition) is 6. The van der Waals surface area contributed by atoms with Crippen molar-refractivity contribution >= 4 is 27.7 Å². The second-order valence-electron chi connectivity index (χ2n) is 7.04. The molecule has 1 amide bonds. The van der Waals surface area contributed by atoms with Gasteiger partial charge in [0.25, 0.3) is 15.9 Å². The smallest absolute Gasteiger partial charge is 0.269 e. The van der Waals surface area contributed by atoms with Crippen LogP contribution < -0.4 is 0 Å². The number of benzene rings is 1. The Bertz CT molecular complexity index is 1010. The molecule has 2 aliphatic heterocycles. The van der Waals surface area contributed by atoms with Crippen molar-refractivity contribution in [1.29, 1.82) is 0 Å². The molecule has 0 radical (unpaired) electrons. The molecule has 1 saturated heterocycles. The largest absolute Gasteiger partial charge is 0.376 e. The van der Waals surface area contributed by atoms with E-state index < -0.39 is 15.9 Å². The highest BCUT2D eigenvalue weighted by Crippen LogP contribution is 2.31. The molecule has 0 aliphatic carbocycles. The van der Waals surface area contributed by atoms with Crippen LogP contribution in [0.3, 0.4) is 0 Å². The van der Waals surface area contributed by atoms with Crippen LogP contribution in [0.1, 0.15) is 34.6 Å². The average molecular weight is 422 g/mol. The summed E-state index contributed by atoms with van der Waals surface area (Å²) in [5, 5.41) is 0.840. The third kappa shape index (κ3) is 3.35. The Labute approximate surface area is 169 Å². The molecule has 1 aromatic heterocycles. The number of hydrogen-bond donors (Lipinski definition) is 0. The highest BCUT2D eigenvalue weighted by Gasteiger charge is 2.40. The fraction of sp³-hybridized carbons (Fsp3) is 0.474. The number of aromatic nitrogens is 2. The Morgan fingerprint density at radius 3 is 2.79 bits per heavy atom. The maximum absolute atomic E-state index is 12.7. The van der Waals surface area contributed by atoms with Gasteiger partial charge in [0.15, 0.2) is 5.16 Å². The Morgan fingerprint density at radius 1 is 1.29 bits per heavy atom. The summed E-state index contributed by atoms with van der Waals surface area (Å²) in [6.45, 7) is 5.67. The minimum absolute atomic E-state index is 0.0940. The number of ether oxygens (including phenoxy) is 1. The molecule has 28 heavy (non-hydrogen) atoms. The number of imidazole rings is 1. The maximum atomic E-state index is 12.7. The molecule has 150 valence electrons. The van der Waals surface area contributed by atoms with Crippen LogP contribution >= 0.6 is 11.8 Å². The molecular formula is C19H23N3O4S2. The molecule has 1 aromatic carbocycles. The number of rotatable bonds is 6. The topological polar surface area (TPSA) is 81.5 Å². The van der Waals surface area contributed by atoms with Crippen molar-refractivity contribution in [2.45, 2.75) is 49.4 Å². The molecule has 2 aliphatic rings. The van der Waals surface area contributed by atoms with Crippen LogP contribution in [0.5, 0.6) is 0 Å². The molecule has 0 unspecified atom stereocenters. The van der Waals surface area contributed by atoms with Crippen molar-refractivity contribution in [1.82, 2.24) is 13.9 Å². The van der Waals surface area contributed by atoms with Crippen molar-refractivity contribution < 1.29 is 17.9 Å². The standard InChI is InChI=1S/C19H23N3O4S2/c1-13-14(2)21(12-15-6-5-10-26-15)19(20-13)27-11-9-22-18(23)16-7-3-4-8-17(16)28(22,24)25/h3-4,7-8,15H,5-6,9-12H2,1-2H3/t15-/m1/s1. The number of amides is 1. The van der Waals surface area contributed by atoms with Crippen LogP contribution in [-0.4, -0.2) is 53.2 Å². The van der Waals surface area contributed by atoms with E-state index >= 15 is 0 Å². The van der Waals surface area contributed by atoms with Gasteiger partial charge in [-0.15, -0.1) is 0 Å². The third-order valence-electron chi connectivity index (χ3n) is 5.27. The van der Waals surface area contributed by atoms with Crippen molar-refractivity contribution in [3.05, 3.63) is 41.2 Å². The first-order valence-electron chi connectivity index (χ1n) is 9.34. The summed E-state index contributed by atoms with van der Waals surface area (Å²) in [7, 11) is -3.76. The summed E-state index contributed by atoms with van der Waals surface area (Å²) >= 11 is 1.47. The van der Waals surface area contributed by atoms with E-state index in [9.17, 15) is 13.2 Å². The van der Waals surface area contributed by atoms with E-state index in [0.29, 0.717) is 5.75 Å². The normalized spacial score (nSPS) is 20.7. The molecule has 4 rings (SSSR count). The number of aryl methyl sites for hydroxylation is 1. The van der Waals surface area contributed by atoms with E-state index in [4.69, 9.17) is 4.74 Å². The summed E-state index contributed by atoms with van der Waals surface area (Å²) < 4.78 is 34.2. The quantitative estimate of drug-likeness (QED) is 0.667. The molecule has 0 N–H and O–H groups in total. The van der Waals surface area contributed by atoms with E-state index in [-0.39, 0.29) is 23.1 Å². The van der Waals surface area contributed by atoms with Gasteiger partial charge in [-0.25, -0.2) is 17.7 Å². The fourth-order valence-electron chi connectivity index (χ4n) is 3.61. The molecule has 1 fully saturated rings. The van der Waals surface area contributed by atoms with E-state index in [1.165, 1.54) is 17.8 Å². The predicted octanol–water partition coefficient (Wildman–Crippen LogP) is 2.62. The summed E-state index contributed by atoms with van der Waals surface area (Å²) in [6.07, 6.45) is 2.32. The van der Waals surface area contributed by atoms with Gasteiger partial charge >= 0.3 is 0 Å². The zero-order chi connectivity index (χ0) is 19.9. The van der Waals surface area contributed by atoms with Crippen LogP contribution in [0.2, 0.25) is 0 Å². The van der Waals surface area contributed by atoms with Gasteiger partial charge in [0, 0.05) is 24.6 Å². The van der Waals surface area contributed by atoms with Crippen molar-refractivity contribution in [3.8, 4) is 0 Å². The van der Waals surface area contributed by atoms with E-state index in [1.807, 2.05) is 13.8 Å². The highest BCUT2D eigenvalue weighted by atomic mass is 32.2. The summed E-state index contributed by atoms with van der Waals surface area (Å²) in [6, 6.07) is 6.35. The number of carbonyl (C=O) groups excluding carboxylic acids is 1. The van der Waals surface area contributed by atoms with Crippen LogP contribution in [0, 0.1) is 13.8 Å². The Morgan fingerprint density at radius 2 is 2.07 bits per heavy atom. The lowest BCUT2D eigenvalue weighted by Gasteiger charge is -2.16. The highest BCUT2D eigenvalue weighted by molar-refractivity contribution is 7.99. The Kier molecular flexibility index (Phi) is 5.24. The van der Waals surface area contributed by atoms with Gasteiger partial charge in [-0.1, -0.05) is 23.9 Å². The molecule has 1 atom stereocenters. The second kappa shape index (κ2) is 7.53. The molecular weight excluding hydrogens is 398 g/mol. The lowest BCUT2D eigenvalue weighted by Crippen LogP contribution is -2.32.